The fourth-order valence-electron chi connectivity index (χ4n) is 3.20. The first kappa shape index (κ1) is 17.5. The average molecular weight is 339 g/mol. The number of rotatable bonds is 5. The van der Waals surface area contributed by atoms with Gasteiger partial charge in [-0.2, -0.15) is 0 Å². The second kappa shape index (κ2) is 8.17. The van der Waals surface area contributed by atoms with Crippen molar-refractivity contribution in [3.8, 4) is 5.75 Å². The highest BCUT2D eigenvalue weighted by Crippen LogP contribution is 2.22. The van der Waals surface area contributed by atoms with E-state index in [1.54, 1.807) is 0 Å². The van der Waals surface area contributed by atoms with Crippen molar-refractivity contribution >= 4 is 5.91 Å². The number of benzene rings is 2. The summed E-state index contributed by atoms with van der Waals surface area (Å²) in [6.07, 6.45) is 1.43. The maximum Gasteiger partial charge on any atom is 0.253 e. The second-order valence-electron chi connectivity index (χ2n) is 6.67. The summed E-state index contributed by atoms with van der Waals surface area (Å²) in [5, 5.41) is 9.67. The summed E-state index contributed by atoms with van der Waals surface area (Å²) < 4.78 is 5.76. The highest BCUT2D eigenvalue weighted by Gasteiger charge is 2.25. The van der Waals surface area contributed by atoms with E-state index in [0.29, 0.717) is 31.2 Å². The molecule has 1 heterocycles. The van der Waals surface area contributed by atoms with Crippen LogP contribution in [0.15, 0.2) is 54.6 Å². The summed E-state index contributed by atoms with van der Waals surface area (Å²) in [6.45, 7) is 3.76. The predicted molar refractivity (Wildman–Crippen MR) is 97.5 cm³/mol. The lowest BCUT2D eigenvalue weighted by atomic mass is 9.92. The fourth-order valence-corrected chi connectivity index (χ4v) is 3.20. The maximum atomic E-state index is 12.6. The van der Waals surface area contributed by atoms with E-state index in [4.69, 9.17) is 4.74 Å². The van der Waals surface area contributed by atoms with Crippen LogP contribution in [0.5, 0.6) is 5.75 Å². The average Bonchev–Trinajstić information content (AvgIpc) is 2.67. The number of aliphatic hydroxyl groups is 1. The van der Waals surface area contributed by atoms with E-state index in [1.807, 2.05) is 66.4 Å². The molecule has 0 aliphatic carbocycles. The van der Waals surface area contributed by atoms with Crippen LogP contribution in [0.25, 0.3) is 0 Å². The minimum absolute atomic E-state index is 0.0543. The van der Waals surface area contributed by atoms with Crippen LogP contribution < -0.4 is 4.74 Å². The minimum Gasteiger partial charge on any atom is -0.489 e. The van der Waals surface area contributed by atoms with Gasteiger partial charge >= 0.3 is 0 Å². The molecular formula is C21H25NO3. The number of amides is 1. The van der Waals surface area contributed by atoms with Gasteiger partial charge in [0.25, 0.3) is 5.91 Å². The Hall–Kier alpha value is -2.33. The molecule has 132 valence electrons. The molecule has 2 aromatic carbocycles. The molecule has 1 N–H and O–H groups in total. The van der Waals surface area contributed by atoms with Gasteiger partial charge < -0.3 is 14.7 Å². The van der Waals surface area contributed by atoms with E-state index in [9.17, 15) is 9.90 Å². The Balaban J connectivity index is 1.54. The molecule has 4 nitrogen and oxygen atoms in total. The molecule has 1 amide bonds. The largest absolute Gasteiger partial charge is 0.489 e. The smallest absolute Gasteiger partial charge is 0.253 e. The zero-order valence-corrected chi connectivity index (χ0v) is 14.6. The van der Waals surface area contributed by atoms with Crippen molar-refractivity contribution in [3.63, 3.8) is 0 Å². The SMILES string of the molecule is CC(O)C1CCN(C(=O)c2ccc(OCc3ccccc3)cc2)CC1. The monoisotopic (exact) mass is 339 g/mol. The third-order valence-electron chi connectivity index (χ3n) is 4.86. The summed E-state index contributed by atoms with van der Waals surface area (Å²) in [7, 11) is 0. The van der Waals surface area contributed by atoms with Gasteiger partial charge in [0.05, 0.1) is 6.10 Å². The lowest BCUT2D eigenvalue weighted by Crippen LogP contribution is -2.40. The van der Waals surface area contributed by atoms with Crippen molar-refractivity contribution in [3.05, 3.63) is 65.7 Å². The number of likely N-dealkylation sites (tertiary alicyclic amines) is 1. The molecule has 25 heavy (non-hydrogen) atoms. The molecule has 3 rings (SSSR count). The van der Waals surface area contributed by atoms with Crippen LogP contribution in [0.3, 0.4) is 0 Å². The van der Waals surface area contributed by atoms with E-state index < -0.39 is 0 Å². The van der Waals surface area contributed by atoms with Crippen molar-refractivity contribution in [2.24, 2.45) is 5.92 Å². The summed E-state index contributed by atoms with van der Waals surface area (Å²) in [4.78, 5) is 14.5. The number of nitrogens with zero attached hydrogens (tertiary/aromatic N) is 1. The van der Waals surface area contributed by atoms with Gasteiger partial charge in [0.1, 0.15) is 12.4 Å². The molecule has 0 bridgehead atoms. The molecular weight excluding hydrogens is 314 g/mol. The molecule has 0 radical (unpaired) electrons. The van der Waals surface area contributed by atoms with Crippen molar-refractivity contribution < 1.29 is 14.6 Å². The lowest BCUT2D eigenvalue weighted by Gasteiger charge is -2.33. The third kappa shape index (κ3) is 4.60. The van der Waals surface area contributed by atoms with Crippen molar-refractivity contribution in [1.82, 2.24) is 4.90 Å². The number of hydrogen-bond donors (Lipinski definition) is 1. The first-order chi connectivity index (χ1) is 12.1. The molecule has 0 spiro atoms. The standard InChI is InChI=1S/C21H25NO3/c1-16(23)18-11-13-22(14-12-18)21(24)19-7-9-20(10-8-19)25-15-17-5-3-2-4-6-17/h2-10,16,18,23H,11-15H2,1H3. The quantitative estimate of drug-likeness (QED) is 0.907. The zero-order valence-electron chi connectivity index (χ0n) is 14.6. The van der Waals surface area contributed by atoms with E-state index >= 15 is 0 Å². The fraction of sp³-hybridized carbons (Fsp3) is 0.381. The van der Waals surface area contributed by atoms with Crippen LogP contribution in [0.2, 0.25) is 0 Å². The minimum atomic E-state index is -0.293. The molecule has 1 aliphatic heterocycles. The van der Waals surface area contributed by atoms with Gasteiger partial charge in [0.15, 0.2) is 0 Å². The molecule has 4 heteroatoms. The van der Waals surface area contributed by atoms with Gasteiger partial charge in [0, 0.05) is 18.7 Å². The van der Waals surface area contributed by atoms with Gasteiger partial charge in [-0.05, 0) is 55.5 Å². The van der Waals surface area contributed by atoms with E-state index in [1.165, 1.54) is 0 Å². The number of carbonyl (C=O) groups is 1. The molecule has 0 aromatic heterocycles. The Morgan fingerprint density at radius 3 is 2.36 bits per heavy atom. The van der Waals surface area contributed by atoms with Crippen LogP contribution in [0, 0.1) is 5.92 Å². The summed E-state index contributed by atoms with van der Waals surface area (Å²) in [5.41, 5.74) is 1.80. The maximum absolute atomic E-state index is 12.6. The number of hydrogen-bond acceptors (Lipinski definition) is 3. The third-order valence-corrected chi connectivity index (χ3v) is 4.86. The second-order valence-corrected chi connectivity index (χ2v) is 6.67. The molecule has 1 unspecified atom stereocenters. The molecule has 1 fully saturated rings. The number of aliphatic hydroxyl groups excluding tert-OH is 1. The van der Waals surface area contributed by atoms with E-state index in [-0.39, 0.29) is 12.0 Å². The Kier molecular flexibility index (Phi) is 5.71. The van der Waals surface area contributed by atoms with Crippen LogP contribution >= 0.6 is 0 Å². The predicted octanol–water partition coefficient (Wildman–Crippen LogP) is 3.50. The molecule has 2 aromatic rings. The Bertz CT molecular complexity index is 674. The number of carbonyl (C=O) groups excluding carboxylic acids is 1. The highest BCUT2D eigenvalue weighted by atomic mass is 16.5. The number of ether oxygens (including phenoxy) is 1. The Labute approximate surface area is 149 Å². The van der Waals surface area contributed by atoms with Crippen LogP contribution in [-0.4, -0.2) is 35.1 Å². The van der Waals surface area contributed by atoms with Gasteiger partial charge in [-0.15, -0.1) is 0 Å². The Morgan fingerprint density at radius 2 is 1.76 bits per heavy atom. The molecule has 1 atom stereocenters. The Morgan fingerprint density at radius 1 is 1.12 bits per heavy atom. The van der Waals surface area contributed by atoms with Crippen molar-refractivity contribution in [2.75, 3.05) is 13.1 Å². The first-order valence-corrected chi connectivity index (χ1v) is 8.87. The van der Waals surface area contributed by atoms with Crippen LogP contribution in [0.4, 0.5) is 0 Å². The molecule has 1 saturated heterocycles. The van der Waals surface area contributed by atoms with E-state index in [2.05, 4.69) is 0 Å². The topological polar surface area (TPSA) is 49.8 Å². The van der Waals surface area contributed by atoms with Gasteiger partial charge in [-0.3, -0.25) is 4.79 Å². The summed E-state index contributed by atoms with van der Waals surface area (Å²) in [6, 6.07) is 17.3. The normalized spacial score (nSPS) is 16.5. The van der Waals surface area contributed by atoms with Gasteiger partial charge in [-0.25, -0.2) is 0 Å². The van der Waals surface area contributed by atoms with Crippen molar-refractivity contribution in [2.45, 2.75) is 32.5 Å². The first-order valence-electron chi connectivity index (χ1n) is 8.87. The van der Waals surface area contributed by atoms with Gasteiger partial charge in [0.2, 0.25) is 0 Å². The summed E-state index contributed by atoms with van der Waals surface area (Å²) in [5.74, 6) is 1.12. The zero-order chi connectivity index (χ0) is 17.6. The van der Waals surface area contributed by atoms with Crippen LogP contribution in [0.1, 0.15) is 35.7 Å². The number of piperidine rings is 1. The lowest BCUT2D eigenvalue weighted by molar-refractivity contribution is 0.0521. The van der Waals surface area contributed by atoms with E-state index in [0.717, 1.165) is 24.2 Å². The van der Waals surface area contributed by atoms with Gasteiger partial charge in [-0.1, -0.05) is 30.3 Å². The highest BCUT2D eigenvalue weighted by molar-refractivity contribution is 5.94. The van der Waals surface area contributed by atoms with Crippen LogP contribution in [-0.2, 0) is 6.61 Å². The van der Waals surface area contributed by atoms with Crippen molar-refractivity contribution in [1.29, 1.82) is 0 Å². The molecule has 0 saturated carbocycles. The summed E-state index contributed by atoms with van der Waals surface area (Å²) >= 11 is 0. The molecule has 1 aliphatic rings.